The number of rotatable bonds is 10. The number of nitrogens with two attached hydrogens (primary N) is 4. The van der Waals surface area contributed by atoms with Crippen molar-refractivity contribution in [1.29, 1.82) is 0 Å². The van der Waals surface area contributed by atoms with Crippen LogP contribution in [0.2, 0.25) is 0 Å². The highest BCUT2D eigenvalue weighted by molar-refractivity contribution is 6.05. The maximum Gasteiger partial charge on any atom is 0.342 e. The molecule has 0 aliphatic rings. The monoisotopic (exact) mass is 332 g/mol. The molecule has 0 radical (unpaired) electrons. The van der Waals surface area contributed by atoms with Gasteiger partial charge in [0.15, 0.2) is 0 Å². The third-order valence-corrected chi connectivity index (χ3v) is 2.82. The van der Waals surface area contributed by atoms with Gasteiger partial charge in [0.2, 0.25) is 6.04 Å². The van der Waals surface area contributed by atoms with Gasteiger partial charge in [0.05, 0.1) is 0 Å². The number of carbonyl (C=O) groups excluding carboxylic acids is 4. The Bertz CT molecular complexity index is 429. The molecule has 10 nitrogen and oxygen atoms in total. The molecule has 0 fully saturated rings. The van der Waals surface area contributed by atoms with E-state index >= 15 is 0 Å². The number of unbranched alkanes of at least 4 members (excludes halogenated alkanes) is 3. The van der Waals surface area contributed by atoms with Crippen molar-refractivity contribution in [2.75, 3.05) is 13.1 Å². The highest BCUT2D eigenvalue weighted by atomic mass is 16.6. The summed E-state index contributed by atoms with van der Waals surface area (Å²) in [5.74, 6) is -4.58. The van der Waals surface area contributed by atoms with E-state index in [1.807, 2.05) is 0 Å². The fraction of sp³-hybridized carbons (Fsp3) is 0.692. The van der Waals surface area contributed by atoms with Gasteiger partial charge in [-0.3, -0.25) is 4.79 Å². The predicted octanol–water partition coefficient (Wildman–Crippen LogP) is -2.35. The van der Waals surface area contributed by atoms with E-state index in [0.29, 0.717) is 13.0 Å². The SMILES string of the molecule is NCCCCCCC(=O)OC(=O)C(N)C(=O)OC(=O)C(N)CN. The van der Waals surface area contributed by atoms with Crippen LogP contribution in [0, 0.1) is 0 Å². The maximum atomic E-state index is 11.5. The molecule has 2 unspecified atom stereocenters. The van der Waals surface area contributed by atoms with Crippen molar-refractivity contribution in [3.05, 3.63) is 0 Å². The Morgan fingerprint density at radius 3 is 1.91 bits per heavy atom. The van der Waals surface area contributed by atoms with Gasteiger partial charge in [0.25, 0.3) is 0 Å². The van der Waals surface area contributed by atoms with Crippen molar-refractivity contribution < 1.29 is 28.7 Å². The van der Waals surface area contributed by atoms with Crippen molar-refractivity contribution in [2.45, 2.75) is 44.2 Å². The highest BCUT2D eigenvalue weighted by Crippen LogP contribution is 2.04. The predicted molar refractivity (Wildman–Crippen MR) is 79.3 cm³/mol. The lowest BCUT2D eigenvalue weighted by atomic mass is 10.1. The lowest BCUT2D eigenvalue weighted by molar-refractivity contribution is -0.167. The molecule has 0 aromatic carbocycles. The zero-order chi connectivity index (χ0) is 17.8. The Kier molecular flexibility index (Phi) is 10.7. The number of ether oxygens (including phenoxy) is 2. The van der Waals surface area contributed by atoms with E-state index in [-0.39, 0.29) is 13.0 Å². The number of esters is 4. The number of hydrogen-bond acceptors (Lipinski definition) is 10. The second-order valence-electron chi connectivity index (χ2n) is 4.81. The molecule has 0 rings (SSSR count). The average Bonchev–Trinajstić information content (AvgIpc) is 2.52. The summed E-state index contributed by atoms with van der Waals surface area (Å²) in [6.07, 6.45) is 3.02. The van der Waals surface area contributed by atoms with Crippen LogP contribution in [0.3, 0.4) is 0 Å². The molecule has 0 saturated carbocycles. The van der Waals surface area contributed by atoms with Gasteiger partial charge in [-0.15, -0.1) is 0 Å². The van der Waals surface area contributed by atoms with E-state index in [4.69, 9.17) is 22.9 Å². The molecule has 0 aliphatic heterocycles. The Morgan fingerprint density at radius 2 is 1.35 bits per heavy atom. The minimum atomic E-state index is -1.91. The first-order valence-corrected chi connectivity index (χ1v) is 7.24. The van der Waals surface area contributed by atoms with Crippen LogP contribution in [0.25, 0.3) is 0 Å². The molecular formula is C13H24N4O6. The largest absolute Gasteiger partial charge is 0.392 e. The van der Waals surface area contributed by atoms with Crippen LogP contribution in [-0.4, -0.2) is 49.1 Å². The highest BCUT2D eigenvalue weighted by Gasteiger charge is 2.30. The number of hydrogen-bond donors (Lipinski definition) is 4. The Hall–Kier alpha value is -1.88. The molecule has 10 heteroatoms. The van der Waals surface area contributed by atoms with Crippen molar-refractivity contribution in [3.63, 3.8) is 0 Å². The average molecular weight is 332 g/mol. The van der Waals surface area contributed by atoms with Crippen LogP contribution < -0.4 is 22.9 Å². The molecule has 0 spiro atoms. The van der Waals surface area contributed by atoms with Gasteiger partial charge in [-0.2, -0.15) is 0 Å². The van der Waals surface area contributed by atoms with Crippen molar-refractivity contribution in [2.24, 2.45) is 22.9 Å². The van der Waals surface area contributed by atoms with Crippen LogP contribution in [0.4, 0.5) is 0 Å². The summed E-state index contributed by atoms with van der Waals surface area (Å²) in [5.41, 5.74) is 20.9. The van der Waals surface area contributed by atoms with Gasteiger partial charge >= 0.3 is 23.9 Å². The van der Waals surface area contributed by atoms with Gasteiger partial charge in [-0.05, 0) is 19.4 Å². The van der Waals surface area contributed by atoms with E-state index in [2.05, 4.69) is 9.47 Å². The summed E-state index contributed by atoms with van der Waals surface area (Å²) in [5, 5.41) is 0. The first-order valence-electron chi connectivity index (χ1n) is 7.24. The Labute approximate surface area is 133 Å². The van der Waals surface area contributed by atoms with Gasteiger partial charge in [0, 0.05) is 13.0 Å². The molecule has 0 saturated heterocycles. The summed E-state index contributed by atoms with van der Waals surface area (Å²) in [4.78, 5) is 45.6. The molecule has 132 valence electrons. The smallest absolute Gasteiger partial charge is 0.342 e. The maximum absolute atomic E-state index is 11.5. The summed E-state index contributed by atoms with van der Waals surface area (Å²) in [6, 6.07) is -3.12. The number of carbonyl (C=O) groups is 4. The minimum absolute atomic E-state index is 0.00899. The molecule has 0 aromatic heterocycles. The normalized spacial score (nSPS) is 13.0. The third-order valence-electron chi connectivity index (χ3n) is 2.82. The summed E-state index contributed by atoms with van der Waals surface area (Å²) in [6.45, 7) is 0.334. The first kappa shape index (κ1) is 21.1. The van der Waals surface area contributed by atoms with E-state index in [0.717, 1.165) is 19.3 Å². The fourth-order valence-corrected chi connectivity index (χ4v) is 1.42. The summed E-state index contributed by atoms with van der Waals surface area (Å²) < 4.78 is 8.67. The first-order chi connectivity index (χ1) is 10.8. The molecule has 2 atom stereocenters. The van der Waals surface area contributed by atoms with Gasteiger partial charge < -0.3 is 32.4 Å². The van der Waals surface area contributed by atoms with E-state index in [1.165, 1.54) is 0 Å². The zero-order valence-electron chi connectivity index (χ0n) is 12.9. The third kappa shape index (κ3) is 8.98. The van der Waals surface area contributed by atoms with Crippen LogP contribution in [-0.2, 0) is 28.7 Å². The van der Waals surface area contributed by atoms with E-state index in [1.54, 1.807) is 0 Å². The second-order valence-corrected chi connectivity index (χ2v) is 4.81. The Morgan fingerprint density at radius 1 is 0.783 bits per heavy atom. The fourth-order valence-electron chi connectivity index (χ4n) is 1.42. The van der Waals surface area contributed by atoms with E-state index in [9.17, 15) is 19.2 Å². The molecule has 8 N–H and O–H groups in total. The Balaban J connectivity index is 4.15. The molecule has 23 heavy (non-hydrogen) atoms. The molecule has 0 amide bonds. The van der Waals surface area contributed by atoms with Gasteiger partial charge in [-0.1, -0.05) is 12.8 Å². The van der Waals surface area contributed by atoms with Gasteiger partial charge in [0.1, 0.15) is 6.04 Å². The van der Waals surface area contributed by atoms with Crippen molar-refractivity contribution in [3.8, 4) is 0 Å². The lowest BCUT2D eigenvalue weighted by Crippen LogP contribution is -2.46. The molecule has 0 aliphatic carbocycles. The van der Waals surface area contributed by atoms with Crippen LogP contribution in [0.15, 0.2) is 0 Å². The van der Waals surface area contributed by atoms with Crippen LogP contribution >= 0.6 is 0 Å². The lowest BCUT2D eigenvalue weighted by Gasteiger charge is -2.11. The minimum Gasteiger partial charge on any atom is -0.392 e. The summed E-state index contributed by atoms with van der Waals surface area (Å²) in [7, 11) is 0. The summed E-state index contributed by atoms with van der Waals surface area (Å²) >= 11 is 0. The quantitative estimate of drug-likeness (QED) is 0.191. The second kappa shape index (κ2) is 11.7. The van der Waals surface area contributed by atoms with Crippen LogP contribution in [0.5, 0.6) is 0 Å². The standard InChI is InChI=1S/C13H24N4O6/c14-6-4-2-1-3-5-9(18)22-12(20)10(17)13(21)23-11(19)8(16)7-15/h8,10H,1-7,14-17H2. The topological polar surface area (TPSA) is 191 Å². The molecule has 0 aromatic rings. The van der Waals surface area contributed by atoms with E-state index < -0.39 is 36.0 Å². The van der Waals surface area contributed by atoms with Crippen molar-refractivity contribution in [1.82, 2.24) is 0 Å². The zero-order valence-corrected chi connectivity index (χ0v) is 12.9. The molecule has 0 bridgehead atoms. The van der Waals surface area contributed by atoms with Crippen molar-refractivity contribution >= 4 is 23.9 Å². The molecular weight excluding hydrogens is 308 g/mol. The van der Waals surface area contributed by atoms with Crippen LogP contribution in [0.1, 0.15) is 32.1 Å². The van der Waals surface area contributed by atoms with Gasteiger partial charge in [-0.25, -0.2) is 14.4 Å². The molecule has 0 heterocycles.